The molecule has 0 saturated heterocycles. The minimum absolute atomic E-state index is 0.0515. The van der Waals surface area contributed by atoms with Gasteiger partial charge in [0, 0.05) is 16.8 Å². The maximum absolute atomic E-state index is 12.2. The molecule has 29 heavy (non-hydrogen) atoms. The van der Waals surface area contributed by atoms with Crippen molar-refractivity contribution in [2.45, 2.75) is 38.3 Å². The lowest BCUT2D eigenvalue weighted by molar-refractivity contribution is -0.113. The topological polar surface area (TPSA) is 85.1 Å². The molecule has 0 aliphatic heterocycles. The van der Waals surface area contributed by atoms with Gasteiger partial charge in [0.05, 0.1) is 5.75 Å². The van der Waals surface area contributed by atoms with Crippen LogP contribution in [0.4, 0.5) is 5.69 Å². The van der Waals surface area contributed by atoms with Gasteiger partial charge in [-0.3, -0.25) is 9.59 Å². The molecule has 0 bridgehead atoms. The molecule has 0 aliphatic rings. The molecule has 3 aromatic rings. The first-order valence-corrected chi connectivity index (χ1v) is 10.2. The summed E-state index contributed by atoms with van der Waals surface area (Å²) in [6.07, 6.45) is 0. The minimum atomic E-state index is -0.218. The summed E-state index contributed by atoms with van der Waals surface area (Å²) in [5, 5.41) is 11.2. The van der Waals surface area contributed by atoms with Crippen molar-refractivity contribution in [2.75, 3.05) is 11.1 Å². The van der Waals surface area contributed by atoms with Crippen LogP contribution in [0, 0.1) is 0 Å². The van der Waals surface area contributed by atoms with Gasteiger partial charge in [-0.1, -0.05) is 56.8 Å². The fourth-order valence-corrected chi connectivity index (χ4v) is 3.20. The number of Topliss-reactive ketones (excluding diaryl/α,β-unsaturated/α-hetero) is 1. The zero-order chi connectivity index (χ0) is 21.0. The predicted molar refractivity (Wildman–Crippen MR) is 114 cm³/mol. The van der Waals surface area contributed by atoms with E-state index >= 15 is 0 Å². The van der Waals surface area contributed by atoms with Crippen molar-refractivity contribution in [1.82, 2.24) is 10.2 Å². The highest BCUT2D eigenvalue weighted by atomic mass is 32.2. The number of thioether (sulfide) groups is 1. The number of amides is 1. The SMILES string of the molecule is CC(=O)c1cccc(NC(=O)CSc2nnc(-c3ccc(C(C)(C)C)cc3)o2)c1. The number of aromatic nitrogens is 2. The quantitative estimate of drug-likeness (QED) is 0.457. The molecule has 1 N–H and O–H groups in total. The van der Waals surface area contributed by atoms with Gasteiger partial charge in [0.1, 0.15) is 0 Å². The molecule has 0 saturated carbocycles. The summed E-state index contributed by atoms with van der Waals surface area (Å²) in [5.41, 5.74) is 3.26. The zero-order valence-electron chi connectivity index (χ0n) is 16.9. The van der Waals surface area contributed by atoms with E-state index in [1.807, 2.05) is 12.1 Å². The van der Waals surface area contributed by atoms with Crippen molar-refractivity contribution in [3.63, 3.8) is 0 Å². The maximum Gasteiger partial charge on any atom is 0.277 e. The summed E-state index contributed by atoms with van der Waals surface area (Å²) in [7, 11) is 0. The van der Waals surface area contributed by atoms with E-state index in [0.29, 0.717) is 22.4 Å². The second-order valence-corrected chi connectivity index (χ2v) is 8.60. The van der Waals surface area contributed by atoms with Gasteiger partial charge in [-0.25, -0.2) is 0 Å². The molecule has 1 amide bonds. The van der Waals surface area contributed by atoms with Crippen LogP contribution in [0.3, 0.4) is 0 Å². The van der Waals surface area contributed by atoms with Crippen LogP contribution in [0.2, 0.25) is 0 Å². The number of carbonyl (C=O) groups is 2. The maximum atomic E-state index is 12.2. The molecule has 6 nitrogen and oxygen atoms in total. The molecule has 150 valence electrons. The lowest BCUT2D eigenvalue weighted by Gasteiger charge is -2.18. The average molecular weight is 410 g/mol. The summed E-state index contributed by atoms with van der Waals surface area (Å²) in [6.45, 7) is 7.96. The molecule has 0 spiro atoms. The number of nitrogens with zero attached hydrogens (tertiary/aromatic N) is 2. The first-order valence-electron chi connectivity index (χ1n) is 9.20. The Morgan fingerprint density at radius 1 is 1.07 bits per heavy atom. The van der Waals surface area contributed by atoms with Gasteiger partial charge in [0.25, 0.3) is 5.22 Å². The van der Waals surface area contributed by atoms with Gasteiger partial charge < -0.3 is 9.73 Å². The third kappa shape index (κ3) is 5.54. The Labute approximate surface area is 174 Å². The van der Waals surface area contributed by atoms with Crippen molar-refractivity contribution < 1.29 is 14.0 Å². The van der Waals surface area contributed by atoms with Crippen molar-refractivity contribution in [3.05, 3.63) is 59.7 Å². The molecule has 0 unspecified atom stereocenters. The van der Waals surface area contributed by atoms with Crippen molar-refractivity contribution >= 4 is 29.1 Å². The lowest BCUT2D eigenvalue weighted by Crippen LogP contribution is -2.14. The number of rotatable bonds is 6. The Balaban J connectivity index is 1.58. The number of benzene rings is 2. The van der Waals surface area contributed by atoms with Gasteiger partial charge in [-0.2, -0.15) is 0 Å². The number of ketones is 1. The average Bonchev–Trinajstić information content (AvgIpc) is 3.15. The first kappa shape index (κ1) is 20.8. The van der Waals surface area contributed by atoms with Gasteiger partial charge in [-0.15, -0.1) is 10.2 Å². The van der Waals surface area contributed by atoms with E-state index in [0.717, 1.165) is 17.3 Å². The van der Waals surface area contributed by atoms with Gasteiger partial charge in [0.2, 0.25) is 11.8 Å². The first-order chi connectivity index (χ1) is 13.7. The molecular weight excluding hydrogens is 386 g/mol. The summed E-state index contributed by atoms with van der Waals surface area (Å²) >= 11 is 1.16. The number of nitrogens with one attached hydrogen (secondary N) is 1. The van der Waals surface area contributed by atoms with Crippen LogP contribution in [-0.4, -0.2) is 27.6 Å². The van der Waals surface area contributed by atoms with E-state index in [1.54, 1.807) is 24.3 Å². The molecule has 0 atom stereocenters. The Kier molecular flexibility index (Phi) is 6.17. The number of carbonyl (C=O) groups excluding carboxylic acids is 2. The van der Waals surface area contributed by atoms with Crippen LogP contribution in [0.5, 0.6) is 0 Å². The van der Waals surface area contributed by atoms with Gasteiger partial charge >= 0.3 is 0 Å². The highest BCUT2D eigenvalue weighted by Gasteiger charge is 2.15. The Morgan fingerprint density at radius 2 is 1.79 bits per heavy atom. The summed E-state index contributed by atoms with van der Waals surface area (Å²) in [4.78, 5) is 23.6. The van der Waals surface area contributed by atoms with E-state index in [4.69, 9.17) is 4.42 Å². The third-order valence-electron chi connectivity index (χ3n) is 4.28. The van der Waals surface area contributed by atoms with Crippen molar-refractivity contribution in [3.8, 4) is 11.5 Å². The summed E-state index contributed by atoms with van der Waals surface area (Å²) < 4.78 is 5.66. The fraction of sp³-hybridized carbons (Fsp3) is 0.273. The fourth-order valence-electron chi connectivity index (χ4n) is 2.64. The summed E-state index contributed by atoms with van der Waals surface area (Å²) in [5.74, 6) is 0.270. The van der Waals surface area contributed by atoms with Crippen molar-refractivity contribution in [1.29, 1.82) is 0 Å². The lowest BCUT2D eigenvalue weighted by atomic mass is 9.87. The smallest absolute Gasteiger partial charge is 0.277 e. The molecule has 0 aliphatic carbocycles. The van der Waals surface area contributed by atoms with Gasteiger partial charge in [0.15, 0.2) is 5.78 Å². The van der Waals surface area contributed by atoms with Crippen LogP contribution in [0.1, 0.15) is 43.6 Å². The Morgan fingerprint density at radius 3 is 2.45 bits per heavy atom. The minimum Gasteiger partial charge on any atom is -0.411 e. The highest BCUT2D eigenvalue weighted by Crippen LogP contribution is 2.27. The normalized spacial score (nSPS) is 11.3. The highest BCUT2D eigenvalue weighted by molar-refractivity contribution is 7.99. The Hall–Kier alpha value is -2.93. The monoisotopic (exact) mass is 409 g/mol. The third-order valence-corrected chi connectivity index (χ3v) is 5.10. The summed E-state index contributed by atoms with van der Waals surface area (Å²) in [6, 6.07) is 14.8. The van der Waals surface area contributed by atoms with Crippen LogP contribution in [0.25, 0.3) is 11.5 Å². The molecule has 1 heterocycles. The van der Waals surface area contributed by atoms with E-state index < -0.39 is 0 Å². The Bertz CT molecular complexity index is 1020. The van der Waals surface area contributed by atoms with E-state index in [2.05, 4.69) is 48.4 Å². The molecular formula is C22H23N3O3S. The second-order valence-electron chi connectivity index (χ2n) is 7.67. The van der Waals surface area contributed by atoms with E-state index in [-0.39, 0.29) is 22.9 Å². The second kappa shape index (κ2) is 8.61. The number of hydrogen-bond acceptors (Lipinski definition) is 6. The largest absolute Gasteiger partial charge is 0.411 e. The molecule has 7 heteroatoms. The predicted octanol–water partition coefficient (Wildman–Crippen LogP) is 4.97. The van der Waals surface area contributed by atoms with Crippen LogP contribution >= 0.6 is 11.8 Å². The molecule has 3 rings (SSSR count). The number of anilines is 1. The molecule has 0 radical (unpaired) electrons. The van der Waals surface area contributed by atoms with E-state index in [9.17, 15) is 9.59 Å². The molecule has 2 aromatic carbocycles. The molecule has 1 aromatic heterocycles. The number of hydrogen-bond donors (Lipinski definition) is 1. The van der Waals surface area contributed by atoms with Gasteiger partial charge in [-0.05, 0) is 42.2 Å². The van der Waals surface area contributed by atoms with Crippen LogP contribution in [-0.2, 0) is 10.2 Å². The molecule has 0 fully saturated rings. The van der Waals surface area contributed by atoms with Crippen LogP contribution in [0.15, 0.2) is 58.2 Å². The van der Waals surface area contributed by atoms with Crippen molar-refractivity contribution in [2.24, 2.45) is 0 Å². The standard InChI is InChI=1S/C22H23N3O3S/c1-14(26)16-6-5-7-18(12-16)23-19(27)13-29-21-25-24-20(28-21)15-8-10-17(11-9-15)22(2,3)4/h5-12H,13H2,1-4H3,(H,23,27). The van der Waals surface area contributed by atoms with E-state index in [1.165, 1.54) is 12.5 Å². The van der Waals surface area contributed by atoms with Crippen LogP contribution < -0.4 is 5.32 Å². The zero-order valence-corrected chi connectivity index (χ0v) is 17.7.